The van der Waals surface area contributed by atoms with Gasteiger partial charge in [-0.05, 0) is 20.3 Å². The highest BCUT2D eigenvalue weighted by Crippen LogP contribution is 2.29. The van der Waals surface area contributed by atoms with Gasteiger partial charge in [-0.15, -0.1) is 0 Å². The molecule has 0 aliphatic carbocycles. The lowest BCUT2D eigenvalue weighted by Crippen LogP contribution is -2.42. The van der Waals surface area contributed by atoms with Crippen LogP contribution in [-0.4, -0.2) is 33.2 Å². The van der Waals surface area contributed by atoms with E-state index < -0.39 is 0 Å². The van der Waals surface area contributed by atoms with Gasteiger partial charge in [0.1, 0.15) is 0 Å². The van der Waals surface area contributed by atoms with Crippen LogP contribution in [0.1, 0.15) is 37.6 Å². The molecule has 0 aromatic carbocycles. The fourth-order valence-corrected chi connectivity index (χ4v) is 2.43. The Morgan fingerprint density at radius 1 is 1.59 bits per heavy atom. The molecule has 94 valence electrons. The molecule has 5 nitrogen and oxygen atoms in total. The summed E-state index contributed by atoms with van der Waals surface area (Å²) in [6.45, 7) is 7.14. The highest BCUT2D eigenvalue weighted by atomic mass is 15.3. The summed E-state index contributed by atoms with van der Waals surface area (Å²) in [6.07, 6.45) is 3.13. The molecule has 0 spiro atoms. The molecule has 2 atom stereocenters. The molecule has 0 amide bonds. The van der Waals surface area contributed by atoms with Crippen molar-refractivity contribution in [3.63, 3.8) is 0 Å². The van der Waals surface area contributed by atoms with E-state index in [1.165, 1.54) is 5.56 Å². The zero-order chi connectivity index (χ0) is 12.6. The van der Waals surface area contributed by atoms with Crippen LogP contribution in [0.25, 0.3) is 0 Å². The Morgan fingerprint density at radius 2 is 2.29 bits per heavy atom. The Balaban J connectivity index is 2.30. The molecule has 0 fully saturated rings. The van der Waals surface area contributed by atoms with Crippen molar-refractivity contribution in [3.05, 3.63) is 17.5 Å². The van der Waals surface area contributed by atoms with E-state index in [0.717, 1.165) is 18.7 Å². The molecular weight excluding hydrogens is 214 g/mol. The van der Waals surface area contributed by atoms with Crippen LogP contribution < -0.4 is 5.73 Å². The lowest BCUT2D eigenvalue weighted by atomic mass is 10.1. The SMILES string of the molecule is CCC(C)N1C(N)=NCC1c1cn(C)nc1C. The van der Waals surface area contributed by atoms with E-state index in [1.54, 1.807) is 0 Å². The minimum Gasteiger partial charge on any atom is -0.370 e. The summed E-state index contributed by atoms with van der Waals surface area (Å²) in [4.78, 5) is 6.59. The fourth-order valence-electron chi connectivity index (χ4n) is 2.43. The Labute approximate surface area is 102 Å². The van der Waals surface area contributed by atoms with Crippen molar-refractivity contribution in [2.45, 2.75) is 39.3 Å². The van der Waals surface area contributed by atoms with E-state index >= 15 is 0 Å². The quantitative estimate of drug-likeness (QED) is 0.856. The van der Waals surface area contributed by atoms with Crippen molar-refractivity contribution >= 4 is 5.96 Å². The van der Waals surface area contributed by atoms with Crippen LogP contribution in [0.4, 0.5) is 0 Å². The predicted molar refractivity (Wildman–Crippen MR) is 68.8 cm³/mol. The third kappa shape index (κ3) is 2.01. The first-order valence-corrected chi connectivity index (χ1v) is 6.13. The average molecular weight is 235 g/mol. The van der Waals surface area contributed by atoms with Crippen LogP contribution in [0.3, 0.4) is 0 Å². The second kappa shape index (κ2) is 4.39. The number of nitrogens with two attached hydrogens (primary N) is 1. The largest absolute Gasteiger partial charge is 0.370 e. The van der Waals surface area contributed by atoms with Crippen LogP contribution in [0.15, 0.2) is 11.2 Å². The van der Waals surface area contributed by atoms with Crippen LogP contribution in [-0.2, 0) is 7.05 Å². The zero-order valence-corrected chi connectivity index (χ0v) is 11.0. The van der Waals surface area contributed by atoms with E-state index in [1.807, 2.05) is 18.7 Å². The fraction of sp³-hybridized carbons (Fsp3) is 0.667. The molecule has 1 aliphatic rings. The lowest BCUT2D eigenvalue weighted by molar-refractivity contribution is 0.268. The molecule has 2 rings (SSSR count). The van der Waals surface area contributed by atoms with Crippen molar-refractivity contribution in [1.82, 2.24) is 14.7 Å². The lowest BCUT2D eigenvalue weighted by Gasteiger charge is -2.31. The summed E-state index contributed by atoms with van der Waals surface area (Å²) >= 11 is 0. The van der Waals surface area contributed by atoms with Gasteiger partial charge in [-0.1, -0.05) is 6.92 Å². The first-order valence-electron chi connectivity index (χ1n) is 6.13. The minimum atomic E-state index is 0.249. The molecule has 1 aliphatic heterocycles. The highest BCUT2D eigenvalue weighted by Gasteiger charge is 2.32. The number of guanidine groups is 1. The first-order chi connectivity index (χ1) is 8.04. The summed E-state index contributed by atoms with van der Waals surface area (Å²) in [5.41, 5.74) is 8.29. The Morgan fingerprint density at radius 3 is 2.82 bits per heavy atom. The molecule has 2 N–H and O–H groups in total. The zero-order valence-electron chi connectivity index (χ0n) is 11.0. The standard InChI is InChI=1S/C12H21N5/c1-5-8(2)17-11(6-14-12(17)13)10-7-16(4)15-9(10)3/h7-8,11H,5-6H2,1-4H3,(H2,13,14). The maximum atomic E-state index is 5.99. The Hall–Kier alpha value is -1.52. The van der Waals surface area contributed by atoms with E-state index in [-0.39, 0.29) is 6.04 Å². The number of aromatic nitrogens is 2. The number of rotatable bonds is 3. The smallest absolute Gasteiger partial charge is 0.192 e. The highest BCUT2D eigenvalue weighted by molar-refractivity contribution is 5.80. The van der Waals surface area contributed by atoms with E-state index in [9.17, 15) is 0 Å². The van der Waals surface area contributed by atoms with Gasteiger partial charge in [0.15, 0.2) is 5.96 Å². The Bertz CT molecular complexity index is 434. The average Bonchev–Trinajstić information content (AvgIpc) is 2.80. The van der Waals surface area contributed by atoms with Crippen molar-refractivity contribution in [2.75, 3.05) is 6.54 Å². The summed E-state index contributed by atoms with van der Waals surface area (Å²) in [5, 5.41) is 4.40. The predicted octanol–water partition coefficient (Wildman–Crippen LogP) is 1.20. The number of aliphatic imine (C=N–C) groups is 1. The van der Waals surface area contributed by atoms with Crippen molar-refractivity contribution < 1.29 is 0 Å². The number of hydrogen-bond acceptors (Lipinski definition) is 4. The number of aryl methyl sites for hydroxylation is 2. The molecule has 1 aromatic rings. The second-order valence-electron chi connectivity index (χ2n) is 4.72. The monoisotopic (exact) mass is 235 g/mol. The summed E-state index contributed by atoms with van der Waals surface area (Å²) < 4.78 is 1.86. The molecule has 5 heteroatoms. The molecule has 0 bridgehead atoms. The Kier molecular flexibility index (Phi) is 3.09. The van der Waals surface area contributed by atoms with E-state index in [4.69, 9.17) is 5.73 Å². The van der Waals surface area contributed by atoms with Gasteiger partial charge in [0.05, 0.1) is 18.3 Å². The van der Waals surface area contributed by atoms with Crippen LogP contribution in [0.2, 0.25) is 0 Å². The van der Waals surface area contributed by atoms with Crippen LogP contribution in [0, 0.1) is 6.92 Å². The normalized spacial score (nSPS) is 21.8. The summed E-state index contributed by atoms with van der Waals surface area (Å²) in [7, 11) is 1.95. The van der Waals surface area contributed by atoms with Gasteiger partial charge in [0, 0.05) is 24.8 Å². The van der Waals surface area contributed by atoms with Crippen LogP contribution in [0.5, 0.6) is 0 Å². The van der Waals surface area contributed by atoms with Crippen molar-refractivity contribution in [2.24, 2.45) is 17.8 Å². The van der Waals surface area contributed by atoms with E-state index in [2.05, 4.69) is 35.0 Å². The van der Waals surface area contributed by atoms with Gasteiger partial charge < -0.3 is 10.6 Å². The molecule has 0 saturated heterocycles. The molecule has 2 heterocycles. The van der Waals surface area contributed by atoms with E-state index in [0.29, 0.717) is 12.0 Å². The molecule has 1 aromatic heterocycles. The molecule has 0 saturated carbocycles. The topological polar surface area (TPSA) is 59.4 Å². The third-order valence-corrected chi connectivity index (χ3v) is 3.50. The van der Waals surface area contributed by atoms with Gasteiger partial charge in [-0.25, -0.2) is 0 Å². The second-order valence-corrected chi connectivity index (χ2v) is 4.72. The molecule has 0 radical (unpaired) electrons. The van der Waals surface area contributed by atoms with Gasteiger partial charge in [-0.2, -0.15) is 5.10 Å². The maximum Gasteiger partial charge on any atom is 0.192 e. The minimum absolute atomic E-state index is 0.249. The van der Waals surface area contributed by atoms with Crippen molar-refractivity contribution in [1.29, 1.82) is 0 Å². The molecular formula is C12H21N5. The van der Waals surface area contributed by atoms with Gasteiger partial charge >= 0.3 is 0 Å². The maximum absolute atomic E-state index is 5.99. The van der Waals surface area contributed by atoms with Crippen LogP contribution >= 0.6 is 0 Å². The van der Waals surface area contributed by atoms with Gasteiger partial charge in [-0.3, -0.25) is 9.67 Å². The first kappa shape index (κ1) is 12.0. The molecule has 2 unspecified atom stereocenters. The number of nitrogens with zero attached hydrogens (tertiary/aromatic N) is 4. The third-order valence-electron chi connectivity index (χ3n) is 3.50. The summed E-state index contributed by atoms with van der Waals surface area (Å²) in [6, 6.07) is 0.657. The molecule has 17 heavy (non-hydrogen) atoms. The van der Waals surface area contributed by atoms with Gasteiger partial charge in [0.2, 0.25) is 0 Å². The van der Waals surface area contributed by atoms with Gasteiger partial charge in [0.25, 0.3) is 0 Å². The van der Waals surface area contributed by atoms with Crippen molar-refractivity contribution in [3.8, 4) is 0 Å². The number of hydrogen-bond donors (Lipinski definition) is 1. The summed E-state index contributed by atoms with van der Waals surface area (Å²) in [5.74, 6) is 0.660.